The van der Waals surface area contributed by atoms with Crippen LogP contribution in [-0.2, 0) is 6.42 Å². The Balaban J connectivity index is 2.75. The van der Waals surface area contributed by atoms with Gasteiger partial charge in [0.2, 0.25) is 0 Å². The summed E-state index contributed by atoms with van der Waals surface area (Å²) in [7, 11) is 0. The first kappa shape index (κ1) is 13.8. The molecule has 0 atom stereocenters. The quantitative estimate of drug-likeness (QED) is 0.718. The van der Waals surface area contributed by atoms with Crippen LogP contribution in [0.2, 0.25) is 0 Å². The summed E-state index contributed by atoms with van der Waals surface area (Å²) in [6.45, 7) is 3.49. The zero-order chi connectivity index (χ0) is 12.5. The third-order valence-electron chi connectivity index (χ3n) is 2.33. The standard InChI is InChI=1S/C13H21NO3/c1-2-16-13-10-11(4-3-7-14)5-6-12(13)17-9-8-15/h5-6,10,15H,2-4,7-9,14H2,1H3. The fourth-order valence-corrected chi connectivity index (χ4v) is 1.56. The highest BCUT2D eigenvalue weighted by Crippen LogP contribution is 2.28. The van der Waals surface area contributed by atoms with Crippen LogP contribution in [0.1, 0.15) is 18.9 Å². The second-order valence-electron chi connectivity index (χ2n) is 3.68. The molecule has 0 unspecified atom stereocenters. The highest BCUT2D eigenvalue weighted by atomic mass is 16.5. The van der Waals surface area contributed by atoms with Crippen molar-refractivity contribution in [2.24, 2.45) is 5.73 Å². The molecule has 0 saturated heterocycles. The molecule has 4 nitrogen and oxygen atoms in total. The van der Waals surface area contributed by atoms with Gasteiger partial charge < -0.3 is 20.3 Å². The average Bonchev–Trinajstić information content (AvgIpc) is 2.35. The van der Waals surface area contributed by atoms with Crippen LogP contribution in [0.3, 0.4) is 0 Å². The molecular formula is C13H21NO3. The summed E-state index contributed by atoms with van der Waals surface area (Å²) in [6.07, 6.45) is 1.90. The fourth-order valence-electron chi connectivity index (χ4n) is 1.56. The van der Waals surface area contributed by atoms with Crippen LogP contribution in [0.5, 0.6) is 11.5 Å². The van der Waals surface area contributed by atoms with Crippen LogP contribution in [-0.4, -0.2) is 31.5 Å². The summed E-state index contributed by atoms with van der Waals surface area (Å²) in [5.74, 6) is 1.41. The number of rotatable bonds is 8. The number of benzene rings is 1. The van der Waals surface area contributed by atoms with Crippen LogP contribution < -0.4 is 15.2 Å². The van der Waals surface area contributed by atoms with Crippen molar-refractivity contribution in [1.82, 2.24) is 0 Å². The maximum atomic E-state index is 8.74. The minimum Gasteiger partial charge on any atom is -0.490 e. The van der Waals surface area contributed by atoms with Crippen LogP contribution >= 0.6 is 0 Å². The predicted molar refractivity (Wildman–Crippen MR) is 67.6 cm³/mol. The molecule has 0 aliphatic carbocycles. The monoisotopic (exact) mass is 239 g/mol. The number of aliphatic hydroxyl groups is 1. The van der Waals surface area contributed by atoms with Crippen molar-refractivity contribution in [3.05, 3.63) is 23.8 Å². The van der Waals surface area contributed by atoms with E-state index in [4.69, 9.17) is 20.3 Å². The molecule has 0 fully saturated rings. The number of hydrogen-bond donors (Lipinski definition) is 2. The number of aliphatic hydroxyl groups excluding tert-OH is 1. The normalized spacial score (nSPS) is 10.3. The third-order valence-corrected chi connectivity index (χ3v) is 2.33. The molecule has 0 spiro atoms. The highest BCUT2D eigenvalue weighted by molar-refractivity contribution is 5.43. The van der Waals surface area contributed by atoms with E-state index in [0.29, 0.717) is 18.9 Å². The molecule has 1 aromatic carbocycles. The molecule has 17 heavy (non-hydrogen) atoms. The zero-order valence-electron chi connectivity index (χ0n) is 10.3. The van der Waals surface area contributed by atoms with Gasteiger partial charge in [-0.2, -0.15) is 0 Å². The molecule has 0 aliphatic rings. The van der Waals surface area contributed by atoms with Crippen molar-refractivity contribution in [3.8, 4) is 11.5 Å². The first-order valence-electron chi connectivity index (χ1n) is 6.01. The SMILES string of the molecule is CCOc1cc(CCCN)ccc1OCCO. The lowest BCUT2D eigenvalue weighted by molar-refractivity contribution is 0.194. The summed E-state index contributed by atoms with van der Waals surface area (Å²) in [4.78, 5) is 0. The maximum Gasteiger partial charge on any atom is 0.161 e. The van der Waals surface area contributed by atoms with E-state index in [2.05, 4.69) is 0 Å². The lowest BCUT2D eigenvalue weighted by Crippen LogP contribution is -2.05. The first-order chi connectivity index (χ1) is 8.31. The zero-order valence-corrected chi connectivity index (χ0v) is 10.3. The van der Waals surface area contributed by atoms with E-state index in [9.17, 15) is 0 Å². The second-order valence-corrected chi connectivity index (χ2v) is 3.68. The molecule has 0 aliphatic heterocycles. The highest BCUT2D eigenvalue weighted by Gasteiger charge is 2.06. The van der Waals surface area contributed by atoms with Gasteiger partial charge in [-0.1, -0.05) is 6.07 Å². The Morgan fingerprint density at radius 2 is 2.06 bits per heavy atom. The first-order valence-corrected chi connectivity index (χ1v) is 6.01. The molecule has 0 radical (unpaired) electrons. The molecule has 0 bridgehead atoms. The van der Waals surface area contributed by atoms with Crippen molar-refractivity contribution in [2.75, 3.05) is 26.4 Å². The lowest BCUT2D eigenvalue weighted by Gasteiger charge is -2.12. The third kappa shape index (κ3) is 4.63. The van der Waals surface area contributed by atoms with Crippen molar-refractivity contribution < 1.29 is 14.6 Å². The summed E-state index contributed by atoms with van der Waals surface area (Å²) < 4.78 is 10.9. The van der Waals surface area contributed by atoms with Gasteiger partial charge in [0.05, 0.1) is 13.2 Å². The molecular weight excluding hydrogens is 218 g/mol. The van der Waals surface area contributed by atoms with E-state index in [1.807, 2.05) is 25.1 Å². The topological polar surface area (TPSA) is 64.7 Å². The van der Waals surface area contributed by atoms with Gasteiger partial charge >= 0.3 is 0 Å². The number of aryl methyl sites for hydroxylation is 1. The van der Waals surface area contributed by atoms with Crippen molar-refractivity contribution in [3.63, 3.8) is 0 Å². The minimum atomic E-state index is 0.000486. The van der Waals surface area contributed by atoms with Gasteiger partial charge in [0.1, 0.15) is 6.61 Å². The molecule has 0 aromatic heterocycles. The van der Waals surface area contributed by atoms with Crippen LogP contribution in [0.25, 0.3) is 0 Å². The predicted octanol–water partition coefficient (Wildman–Crippen LogP) is 1.35. The summed E-state index contributed by atoms with van der Waals surface area (Å²) in [6, 6.07) is 5.86. The second kappa shape index (κ2) is 7.92. The van der Waals surface area contributed by atoms with Gasteiger partial charge in [-0.05, 0) is 44.0 Å². The molecule has 1 rings (SSSR count). The smallest absolute Gasteiger partial charge is 0.161 e. The van der Waals surface area contributed by atoms with Crippen LogP contribution in [0.4, 0.5) is 0 Å². The maximum absolute atomic E-state index is 8.74. The number of nitrogens with two attached hydrogens (primary N) is 1. The molecule has 96 valence electrons. The van der Waals surface area contributed by atoms with Crippen LogP contribution in [0, 0.1) is 0 Å². The Morgan fingerprint density at radius 3 is 2.71 bits per heavy atom. The van der Waals surface area contributed by atoms with Gasteiger partial charge in [-0.15, -0.1) is 0 Å². The van der Waals surface area contributed by atoms with Gasteiger partial charge in [0.15, 0.2) is 11.5 Å². The van der Waals surface area contributed by atoms with E-state index in [1.54, 1.807) is 0 Å². The Labute approximate surface area is 102 Å². The van der Waals surface area contributed by atoms with Gasteiger partial charge in [-0.3, -0.25) is 0 Å². The van der Waals surface area contributed by atoms with E-state index in [0.717, 1.165) is 18.6 Å². The van der Waals surface area contributed by atoms with Gasteiger partial charge in [-0.25, -0.2) is 0 Å². The largest absolute Gasteiger partial charge is 0.490 e. The van der Waals surface area contributed by atoms with E-state index in [-0.39, 0.29) is 13.2 Å². The lowest BCUT2D eigenvalue weighted by atomic mass is 10.1. The molecule has 0 saturated carbocycles. The van der Waals surface area contributed by atoms with Crippen molar-refractivity contribution in [2.45, 2.75) is 19.8 Å². The molecule has 0 heterocycles. The van der Waals surface area contributed by atoms with Crippen LogP contribution in [0.15, 0.2) is 18.2 Å². The Hall–Kier alpha value is -1.26. The molecule has 3 N–H and O–H groups in total. The van der Waals surface area contributed by atoms with Gasteiger partial charge in [0, 0.05) is 0 Å². The van der Waals surface area contributed by atoms with Crippen molar-refractivity contribution in [1.29, 1.82) is 0 Å². The molecule has 0 amide bonds. The minimum absolute atomic E-state index is 0.000486. The molecule has 1 aromatic rings. The van der Waals surface area contributed by atoms with E-state index >= 15 is 0 Å². The number of ether oxygens (including phenoxy) is 2. The summed E-state index contributed by atoms with van der Waals surface area (Å²) in [5.41, 5.74) is 6.68. The Kier molecular flexibility index (Phi) is 6.43. The molecule has 4 heteroatoms. The van der Waals surface area contributed by atoms with E-state index in [1.165, 1.54) is 5.56 Å². The summed E-state index contributed by atoms with van der Waals surface area (Å²) in [5, 5.41) is 8.74. The average molecular weight is 239 g/mol. The Bertz CT molecular complexity index is 328. The van der Waals surface area contributed by atoms with Gasteiger partial charge in [0.25, 0.3) is 0 Å². The summed E-state index contributed by atoms with van der Waals surface area (Å²) >= 11 is 0. The van der Waals surface area contributed by atoms with Crippen molar-refractivity contribution >= 4 is 0 Å². The fraction of sp³-hybridized carbons (Fsp3) is 0.538. The van der Waals surface area contributed by atoms with E-state index < -0.39 is 0 Å². The number of hydrogen-bond acceptors (Lipinski definition) is 4. The Morgan fingerprint density at radius 1 is 1.24 bits per heavy atom.